The van der Waals surface area contributed by atoms with Crippen molar-refractivity contribution in [1.82, 2.24) is 9.78 Å². The zero-order chi connectivity index (χ0) is 14.1. The van der Waals surface area contributed by atoms with Crippen molar-refractivity contribution in [2.75, 3.05) is 17.2 Å². The summed E-state index contributed by atoms with van der Waals surface area (Å²) in [7, 11) is -2.90. The lowest BCUT2D eigenvalue weighted by Gasteiger charge is -2.10. The number of rotatable bonds is 2. The summed E-state index contributed by atoms with van der Waals surface area (Å²) in [6, 6.07) is -0.0639. The van der Waals surface area contributed by atoms with Crippen LogP contribution in [0.15, 0.2) is 0 Å². The molecule has 0 aromatic carbocycles. The second kappa shape index (κ2) is 4.00. The van der Waals surface area contributed by atoms with E-state index < -0.39 is 9.84 Å². The summed E-state index contributed by atoms with van der Waals surface area (Å²) in [5, 5.41) is 4.73. The minimum absolute atomic E-state index is 0.0639. The molecule has 3 fully saturated rings. The zero-order valence-corrected chi connectivity index (χ0v) is 12.6. The average molecular weight is 295 g/mol. The van der Waals surface area contributed by atoms with Crippen molar-refractivity contribution in [3.8, 4) is 0 Å². The maximum absolute atomic E-state index is 11.6. The molecule has 0 bridgehead atoms. The second-order valence-corrected chi connectivity index (χ2v) is 8.91. The van der Waals surface area contributed by atoms with E-state index in [1.165, 1.54) is 19.3 Å². The summed E-state index contributed by atoms with van der Waals surface area (Å²) in [4.78, 5) is 0. The maximum Gasteiger partial charge on any atom is 0.152 e. The molecule has 3 aliphatic rings. The number of aromatic nitrogens is 2. The van der Waals surface area contributed by atoms with Gasteiger partial charge in [0.1, 0.15) is 5.82 Å². The van der Waals surface area contributed by atoms with Crippen molar-refractivity contribution in [3.63, 3.8) is 0 Å². The molecule has 0 radical (unpaired) electrons. The van der Waals surface area contributed by atoms with E-state index in [1.807, 2.05) is 6.92 Å². The van der Waals surface area contributed by atoms with Crippen LogP contribution in [0.1, 0.15) is 48.9 Å². The van der Waals surface area contributed by atoms with Gasteiger partial charge in [-0.15, -0.1) is 0 Å². The Morgan fingerprint density at radius 3 is 2.55 bits per heavy atom. The average Bonchev–Trinajstić information content (AvgIpc) is 2.75. The molecule has 1 aliphatic heterocycles. The van der Waals surface area contributed by atoms with Crippen molar-refractivity contribution < 1.29 is 8.42 Å². The van der Waals surface area contributed by atoms with Crippen molar-refractivity contribution >= 4 is 15.7 Å². The molecule has 1 saturated heterocycles. The highest BCUT2D eigenvalue weighted by Crippen LogP contribution is 2.63. The van der Waals surface area contributed by atoms with Gasteiger partial charge in [-0.25, -0.2) is 13.1 Å². The molecule has 5 nitrogen and oxygen atoms in total. The number of fused-ring (bicyclic) bond motifs is 1. The van der Waals surface area contributed by atoms with Crippen LogP contribution in [0.2, 0.25) is 0 Å². The van der Waals surface area contributed by atoms with Gasteiger partial charge in [-0.3, -0.25) is 0 Å². The highest BCUT2D eigenvalue weighted by molar-refractivity contribution is 7.91. The van der Waals surface area contributed by atoms with Gasteiger partial charge in [-0.2, -0.15) is 5.10 Å². The van der Waals surface area contributed by atoms with Crippen LogP contribution >= 0.6 is 0 Å². The fraction of sp³-hybridized carbons (Fsp3) is 0.786. The molecule has 2 heterocycles. The quantitative estimate of drug-likeness (QED) is 0.900. The van der Waals surface area contributed by atoms with Crippen LogP contribution in [0.3, 0.4) is 0 Å². The Bertz CT molecular complexity index is 654. The largest absolute Gasteiger partial charge is 0.384 e. The third kappa shape index (κ3) is 1.73. The van der Waals surface area contributed by atoms with Crippen LogP contribution in [0.25, 0.3) is 0 Å². The number of nitrogen functional groups attached to an aromatic ring is 1. The highest BCUT2D eigenvalue weighted by Gasteiger charge is 2.55. The lowest BCUT2D eigenvalue weighted by atomic mass is 10.1. The second-order valence-electron chi connectivity index (χ2n) is 6.68. The van der Waals surface area contributed by atoms with Gasteiger partial charge >= 0.3 is 0 Å². The Morgan fingerprint density at radius 1 is 1.25 bits per heavy atom. The first-order valence-electron chi connectivity index (χ1n) is 7.53. The molecule has 1 aromatic rings. The fourth-order valence-electron chi connectivity index (χ4n) is 4.34. The van der Waals surface area contributed by atoms with Crippen molar-refractivity contribution in [3.05, 3.63) is 11.3 Å². The SMILES string of the molecule is Cc1c(C2C3CCCC32)nn(C2CCS(=O)(=O)C2)c1N. The minimum Gasteiger partial charge on any atom is -0.384 e. The molecule has 0 amide bonds. The Kier molecular flexibility index (Phi) is 2.53. The minimum atomic E-state index is -2.90. The van der Waals surface area contributed by atoms with Crippen LogP contribution in [0, 0.1) is 18.8 Å². The van der Waals surface area contributed by atoms with E-state index in [9.17, 15) is 8.42 Å². The van der Waals surface area contributed by atoms with E-state index in [0.29, 0.717) is 18.2 Å². The highest BCUT2D eigenvalue weighted by atomic mass is 32.2. The molecule has 6 heteroatoms. The molecular formula is C14H21N3O2S. The lowest BCUT2D eigenvalue weighted by Crippen LogP contribution is -2.15. The predicted octanol–water partition coefficient (Wildman–Crippen LogP) is 1.65. The lowest BCUT2D eigenvalue weighted by molar-refractivity contribution is 0.498. The van der Waals surface area contributed by atoms with E-state index in [4.69, 9.17) is 10.8 Å². The van der Waals surface area contributed by atoms with Gasteiger partial charge in [0.25, 0.3) is 0 Å². The molecule has 0 spiro atoms. The van der Waals surface area contributed by atoms with Crippen LogP contribution in [0.5, 0.6) is 0 Å². The summed E-state index contributed by atoms with van der Waals surface area (Å²) < 4.78 is 25.1. The molecule has 4 rings (SSSR count). The summed E-state index contributed by atoms with van der Waals surface area (Å²) in [5.74, 6) is 3.33. The van der Waals surface area contributed by atoms with E-state index >= 15 is 0 Å². The fourth-order valence-corrected chi connectivity index (χ4v) is 6.03. The molecule has 20 heavy (non-hydrogen) atoms. The van der Waals surface area contributed by atoms with E-state index in [-0.39, 0.29) is 17.5 Å². The first kappa shape index (κ1) is 12.7. The number of sulfone groups is 1. The number of nitrogens with two attached hydrogens (primary N) is 1. The third-order valence-electron chi connectivity index (χ3n) is 5.51. The smallest absolute Gasteiger partial charge is 0.152 e. The number of hydrogen-bond donors (Lipinski definition) is 1. The molecule has 110 valence electrons. The van der Waals surface area contributed by atoms with Gasteiger partial charge in [0.05, 0.1) is 23.2 Å². The standard InChI is InChI=1S/C14H21N3O2S/c1-8-13(12-10-3-2-4-11(10)12)16-17(14(8)15)9-5-6-20(18,19)7-9/h9-12H,2-7,15H2,1H3. The van der Waals surface area contributed by atoms with Gasteiger partial charge in [-0.05, 0) is 38.0 Å². The molecule has 2 N–H and O–H groups in total. The van der Waals surface area contributed by atoms with Crippen molar-refractivity contribution in [1.29, 1.82) is 0 Å². The Balaban J connectivity index is 1.65. The monoisotopic (exact) mass is 295 g/mol. The molecule has 1 aromatic heterocycles. The number of nitrogens with zero attached hydrogens (tertiary/aromatic N) is 2. The van der Waals surface area contributed by atoms with Crippen molar-refractivity contribution in [2.24, 2.45) is 11.8 Å². The molecule has 2 aliphatic carbocycles. The van der Waals surface area contributed by atoms with Crippen LogP contribution in [0.4, 0.5) is 5.82 Å². The van der Waals surface area contributed by atoms with Crippen LogP contribution in [-0.4, -0.2) is 29.7 Å². The van der Waals surface area contributed by atoms with Crippen molar-refractivity contribution in [2.45, 2.75) is 44.6 Å². The van der Waals surface area contributed by atoms with Gasteiger partial charge < -0.3 is 5.73 Å². The summed E-state index contributed by atoms with van der Waals surface area (Å²) in [6.45, 7) is 2.03. The van der Waals surface area contributed by atoms with E-state index in [0.717, 1.165) is 23.1 Å². The number of anilines is 1. The predicted molar refractivity (Wildman–Crippen MR) is 77.3 cm³/mol. The first-order chi connectivity index (χ1) is 9.48. The van der Waals surface area contributed by atoms with Gasteiger partial charge in [0, 0.05) is 11.5 Å². The molecule has 3 unspecified atom stereocenters. The normalized spacial score (nSPS) is 38.0. The molecule has 3 atom stereocenters. The van der Waals surface area contributed by atoms with Gasteiger partial charge in [0.15, 0.2) is 9.84 Å². The van der Waals surface area contributed by atoms with Crippen LogP contribution in [-0.2, 0) is 9.84 Å². The summed E-state index contributed by atoms with van der Waals surface area (Å²) >= 11 is 0. The van der Waals surface area contributed by atoms with Crippen LogP contribution < -0.4 is 5.73 Å². The Hall–Kier alpha value is -1.04. The number of hydrogen-bond acceptors (Lipinski definition) is 4. The third-order valence-corrected chi connectivity index (χ3v) is 7.26. The Morgan fingerprint density at radius 2 is 1.95 bits per heavy atom. The Labute approximate surface area is 119 Å². The molecular weight excluding hydrogens is 274 g/mol. The van der Waals surface area contributed by atoms with Gasteiger partial charge in [0.2, 0.25) is 0 Å². The maximum atomic E-state index is 11.6. The van der Waals surface area contributed by atoms with Gasteiger partial charge in [-0.1, -0.05) is 6.42 Å². The summed E-state index contributed by atoms with van der Waals surface area (Å²) in [5.41, 5.74) is 8.41. The zero-order valence-electron chi connectivity index (χ0n) is 11.7. The topological polar surface area (TPSA) is 78.0 Å². The first-order valence-corrected chi connectivity index (χ1v) is 9.35. The van der Waals surface area contributed by atoms with E-state index in [2.05, 4.69) is 0 Å². The summed E-state index contributed by atoms with van der Waals surface area (Å²) in [6.07, 6.45) is 4.63. The molecule has 2 saturated carbocycles. The van der Waals surface area contributed by atoms with E-state index in [1.54, 1.807) is 4.68 Å².